The first-order valence-electron chi connectivity index (χ1n) is 10.1. The van der Waals surface area contributed by atoms with Gasteiger partial charge in [-0.15, -0.1) is 0 Å². The van der Waals surface area contributed by atoms with Gasteiger partial charge in [0.1, 0.15) is 5.82 Å². The van der Waals surface area contributed by atoms with E-state index in [0.29, 0.717) is 44.0 Å². The molecular weight excluding hydrogens is 405 g/mol. The molecule has 0 bridgehead atoms. The zero-order valence-corrected chi connectivity index (χ0v) is 18.2. The quantitative estimate of drug-likeness (QED) is 0.727. The van der Waals surface area contributed by atoms with Gasteiger partial charge in [-0.3, -0.25) is 9.69 Å². The molecule has 3 rings (SSSR count). The minimum Gasteiger partial charge on any atom is -0.354 e. The number of amides is 1. The molecule has 1 fully saturated rings. The molecule has 0 spiro atoms. The summed E-state index contributed by atoms with van der Waals surface area (Å²) in [6.07, 6.45) is 0.626. The van der Waals surface area contributed by atoms with Crippen LogP contribution in [0.2, 0.25) is 0 Å². The lowest BCUT2D eigenvalue weighted by molar-refractivity contribution is -0.126. The third kappa shape index (κ3) is 5.44. The van der Waals surface area contributed by atoms with Crippen LogP contribution in [0.25, 0.3) is 0 Å². The Morgan fingerprint density at radius 1 is 1.03 bits per heavy atom. The van der Waals surface area contributed by atoms with Gasteiger partial charge in [-0.2, -0.15) is 4.31 Å². The Morgan fingerprint density at radius 2 is 1.63 bits per heavy atom. The molecule has 6 nitrogen and oxygen atoms in total. The molecule has 0 aliphatic carbocycles. The Hall–Kier alpha value is -2.29. The van der Waals surface area contributed by atoms with Gasteiger partial charge < -0.3 is 5.32 Å². The number of carbonyl (C=O) groups is 1. The molecule has 1 amide bonds. The van der Waals surface area contributed by atoms with E-state index in [9.17, 15) is 17.6 Å². The van der Waals surface area contributed by atoms with Gasteiger partial charge in [0.25, 0.3) is 0 Å². The number of hydrogen-bond donors (Lipinski definition) is 1. The Balaban J connectivity index is 1.48. The largest absolute Gasteiger partial charge is 0.354 e. The highest BCUT2D eigenvalue weighted by Gasteiger charge is 2.31. The lowest BCUT2D eigenvalue weighted by Gasteiger charge is -2.36. The van der Waals surface area contributed by atoms with Crippen molar-refractivity contribution < 1.29 is 17.6 Å². The van der Waals surface area contributed by atoms with Crippen LogP contribution in [-0.4, -0.2) is 62.3 Å². The number of halogens is 1. The molecule has 1 atom stereocenters. The van der Waals surface area contributed by atoms with E-state index < -0.39 is 10.0 Å². The van der Waals surface area contributed by atoms with Crippen molar-refractivity contribution in [2.75, 3.05) is 32.7 Å². The van der Waals surface area contributed by atoms with Gasteiger partial charge >= 0.3 is 0 Å². The van der Waals surface area contributed by atoms with Crippen molar-refractivity contribution in [3.05, 3.63) is 65.5 Å². The van der Waals surface area contributed by atoms with Crippen molar-refractivity contribution >= 4 is 15.9 Å². The van der Waals surface area contributed by atoms with Crippen molar-refractivity contribution in [3.63, 3.8) is 0 Å². The first-order valence-corrected chi connectivity index (χ1v) is 11.5. The zero-order chi connectivity index (χ0) is 21.7. The molecule has 1 aliphatic heterocycles. The zero-order valence-electron chi connectivity index (χ0n) is 17.3. The molecule has 1 aliphatic rings. The van der Waals surface area contributed by atoms with Crippen LogP contribution in [-0.2, 0) is 21.2 Å². The highest BCUT2D eigenvalue weighted by molar-refractivity contribution is 7.89. The lowest BCUT2D eigenvalue weighted by atomic mass is 10.1. The number of hydrogen-bond acceptors (Lipinski definition) is 4. The maximum absolute atomic E-state index is 12.9. The number of aryl methyl sites for hydroxylation is 1. The molecule has 30 heavy (non-hydrogen) atoms. The van der Waals surface area contributed by atoms with Gasteiger partial charge in [-0.25, -0.2) is 12.8 Å². The fraction of sp³-hybridized carbons (Fsp3) is 0.409. The molecule has 0 aromatic heterocycles. The monoisotopic (exact) mass is 433 g/mol. The smallest absolute Gasteiger partial charge is 0.243 e. The predicted molar refractivity (Wildman–Crippen MR) is 114 cm³/mol. The second kappa shape index (κ2) is 9.68. The molecule has 2 aromatic carbocycles. The second-order valence-electron chi connectivity index (χ2n) is 7.60. The standard InChI is InChI=1S/C22H28FN3O3S/c1-17-3-9-21(10-4-17)30(28,29)26-15-13-25(14-16-26)18(2)22(27)24-12-11-19-5-7-20(23)8-6-19/h3-10,18H,11-16H2,1-2H3,(H,24,27). The average molecular weight is 434 g/mol. The van der Waals surface area contributed by atoms with Gasteiger partial charge in [0.05, 0.1) is 10.9 Å². The minimum absolute atomic E-state index is 0.0908. The topological polar surface area (TPSA) is 69.7 Å². The fourth-order valence-electron chi connectivity index (χ4n) is 3.49. The van der Waals surface area contributed by atoms with Crippen LogP contribution in [0, 0.1) is 12.7 Å². The van der Waals surface area contributed by atoms with Gasteiger partial charge in [0, 0.05) is 32.7 Å². The molecule has 162 valence electrons. The third-order valence-electron chi connectivity index (χ3n) is 5.49. The molecule has 2 aromatic rings. The van der Waals surface area contributed by atoms with E-state index in [1.54, 1.807) is 36.4 Å². The number of nitrogens with zero attached hydrogens (tertiary/aromatic N) is 2. The summed E-state index contributed by atoms with van der Waals surface area (Å²) in [4.78, 5) is 14.8. The molecule has 0 saturated carbocycles. The lowest BCUT2D eigenvalue weighted by Crippen LogP contribution is -2.55. The summed E-state index contributed by atoms with van der Waals surface area (Å²) >= 11 is 0. The summed E-state index contributed by atoms with van der Waals surface area (Å²) in [7, 11) is -3.52. The van der Waals surface area contributed by atoms with E-state index in [4.69, 9.17) is 0 Å². The van der Waals surface area contributed by atoms with Crippen LogP contribution < -0.4 is 5.32 Å². The predicted octanol–water partition coefficient (Wildman–Crippen LogP) is 2.19. The SMILES string of the molecule is Cc1ccc(S(=O)(=O)N2CCN(C(C)C(=O)NCCc3ccc(F)cc3)CC2)cc1. The summed E-state index contributed by atoms with van der Waals surface area (Å²) < 4.78 is 40.0. The van der Waals surface area contributed by atoms with Crippen molar-refractivity contribution in [1.82, 2.24) is 14.5 Å². The van der Waals surface area contributed by atoms with E-state index in [2.05, 4.69) is 5.32 Å². The van der Waals surface area contributed by atoms with Crippen molar-refractivity contribution in [1.29, 1.82) is 0 Å². The Bertz CT molecular complexity index is 954. The normalized spacial score (nSPS) is 16.9. The maximum Gasteiger partial charge on any atom is 0.243 e. The number of sulfonamides is 1. The van der Waals surface area contributed by atoms with Crippen molar-refractivity contribution in [2.45, 2.75) is 31.2 Å². The summed E-state index contributed by atoms with van der Waals surface area (Å²) in [5, 5.41) is 2.91. The fourth-order valence-corrected chi connectivity index (χ4v) is 4.91. The highest BCUT2D eigenvalue weighted by Crippen LogP contribution is 2.19. The van der Waals surface area contributed by atoms with Crippen LogP contribution in [0.3, 0.4) is 0 Å². The number of nitrogens with one attached hydrogen (secondary N) is 1. The molecular formula is C22H28FN3O3S. The van der Waals surface area contributed by atoms with Crippen LogP contribution >= 0.6 is 0 Å². The third-order valence-corrected chi connectivity index (χ3v) is 7.40. The average Bonchev–Trinajstić information content (AvgIpc) is 2.75. The van der Waals surface area contributed by atoms with E-state index >= 15 is 0 Å². The minimum atomic E-state index is -3.52. The van der Waals surface area contributed by atoms with Crippen LogP contribution in [0.4, 0.5) is 4.39 Å². The number of rotatable bonds is 7. The Labute approximate surface area is 177 Å². The number of carbonyl (C=O) groups excluding carboxylic acids is 1. The van der Waals surface area contributed by atoms with Crippen LogP contribution in [0.1, 0.15) is 18.1 Å². The molecule has 1 N–H and O–H groups in total. The molecule has 1 heterocycles. The highest BCUT2D eigenvalue weighted by atomic mass is 32.2. The van der Waals surface area contributed by atoms with E-state index in [1.807, 2.05) is 18.7 Å². The molecule has 0 radical (unpaired) electrons. The van der Waals surface area contributed by atoms with E-state index in [0.717, 1.165) is 11.1 Å². The first-order chi connectivity index (χ1) is 14.3. The molecule has 1 saturated heterocycles. The van der Waals surface area contributed by atoms with Crippen molar-refractivity contribution in [2.24, 2.45) is 0 Å². The number of benzene rings is 2. The van der Waals surface area contributed by atoms with Gasteiger partial charge in [0.15, 0.2) is 0 Å². The Morgan fingerprint density at radius 3 is 2.23 bits per heavy atom. The summed E-state index contributed by atoms with van der Waals surface area (Å²) in [6, 6.07) is 12.7. The van der Waals surface area contributed by atoms with Crippen molar-refractivity contribution in [3.8, 4) is 0 Å². The maximum atomic E-state index is 12.9. The van der Waals surface area contributed by atoms with Crippen LogP contribution in [0.15, 0.2) is 53.4 Å². The first kappa shape index (κ1) is 22.4. The summed E-state index contributed by atoms with van der Waals surface area (Å²) in [5.41, 5.74) is 1.97. The summed E-state index contributed by atoms with van der Waals surface area (Å²) in [6.45, 7) is 5.91. The van der Waals surface area contributed by atoms with Gasteiger partial charge in [0.2, 0.25) is 15.9 Å². The molecule has 1 unspecified atom stereocenters. The second-order valence-corrected chi connectivity index (χ2v) is 9.53. The van der Waals surface area contributed by atoms with Gasteiger partial charge in [-0.05, 0) is 50.1 Å². The van der Waals surface area contributed by atoms with Gasteiger partial charge in [-0.1, -0.05) is 29.8 Å². The number of piperazine rings is 1. The summed E-state index contributed by atoms with van der Waals surface area (Å²) in [5.74, 6) is -0.369. The van der Waals surface area contributed by atoms with Crippen LogP contribution in [0.5, 0.6) is 0 Å². The van der Waals surface area contributed by atoms with E-state index in [1.165, 1.54) is 16.4 Å². The van der Waals surface area contributed by atoms with E-state index in [-0.39, 0.29) is 17.8 Å². The molecule has 8 heteroatoms. The Kier molecular flexibility index (Phi) is 7.23.